The summed E-state index contributed by atoms with van der Waals surface area (Å²) in [7, 11) is 0. The molecule has 6 nitrogen and oxygen atoms in total. The summed E-state index contributed by atoms with van der Waals surface area (Å²) in [4.78, 5) is 37.3. The van der Waals surface area contributed by atoms with E-state index >= 15 is 0 Å². The van der Waals surface area contributed by atoms with Gasteiger partial charge in [-0.25, -0.2) is 4.79 Å². The third kappa shape index (κ3) is 3.99. The van der Waals surface area contributed by atoms with Gasteiger partial charge in [-0.3, -0.25) is 14.5 Å². The predicted molar refractivity (Wildman–Crippen MR) is 83.1 cm³/mol. The van der Waals surface area contributed by atoms with E-state index in [1.165, 1.54) is 6.42 Å². The Morgan fingerprint density at radius 1 is 1.32 bits per heavy atom. The molecular weight excluding hydrogens is 282 g/mol. The van der Waals surface area contributed by atoms with Crippen molar-refractivity contribution in [2.75, 3.05) is 6.54 Å². The number of urea groups is 1. The Kier molecular flexibility index (Phi) is 5.42. The molecule has 0 bridgehead atoms. The van der Waals surface area contributed by atoms with E-state index in [0.29, 0.717) is 18.3 Å². The molecule has 0 aromatic rings. The Balaban J connectivity index is 1.88. The number of carbonyl (C=O) groups excluding carboxylic acids is 3. The first-order valence-corrected chi connectivity index (χ1v) is 8.29. The molecule has 0 aromatic carbocycles. The smallest absolute Gasteiger partial charge is 0.325 e. The molecule has 0 aromatic heterocycles. The second-order valence-corrected chi connectivity index (χ2v) is 6.99. The summed E-state index contributed by atoms with van der Waals surface area (Å²) >= 11 is 0. The average molecular weight is 309 g/mol. The monoisotopic (exact) mass is 309 g/mol. The first-order chi connectivity index (χ1) is 10.4. The maximum absolute atomic E-state index is 12.2. The van der Waals surface area contributed by atoms with Gasteiger partial charge in [-0.15, -0.1) is 0 Å². The van der Waals surface area contributed by atoms with Gasteiger partial charge in [-0.1, -0.05) is 33.6 Å². The zero-order valence-corrected chi connectivity index (χ0v) is 13.7. The van der Waals surface area contributed by atoms with Crippen molar-refractivity contribution in [2.24, 2.45) is 11.8 Å². The maximum atomic E-state index is 12.2. The SMILES string of the molecule is CC(C)C[C@H]1NC(=O)N(CC(=O)N[C@H]2CCCC[C@@H]2C)C1=O. The Morgan fingerprint density at radius 3 is 2.64 bits per heavy atom. The topological polar surface area (TPSA) is 78.5 Å². The fourth-order valence-corrected chi connectivity index (χ4v) is 3.28. The maximum Gasteiger partial charge on any atom is 0.325 e. The normalized spacial score (nSPS) is 28.9. The van der Waals surface area contributed by atoms with Crippen molar-refractivity contribution in [3.8, 4) is 0 Å². The van der Waals surface area contributed by atoms with E-state index in [0.717, 1.165) is 24.2 Å². The van der Waals surface area contributed by atoms with E-state index in [9.17, 15) is 14.4 Å². The van der Waals surface area contributed by atoms with Gasteiger partial charge >= 0.3 is 6.03 Å². The lowest BCUT2D eigenvalue weighted by Gasteiger charge is -2.29. The van der Waals surface area contributed by atoms with E-state index in [1.807, 2.05) is 13.8 Å². The Bertz CT molecular complexity index is 450. The third-order valence-corrected chi connectivity index (χ3v) is 4.57. The highest BCUT2D eigenvalue weighted by molar-refractivity contribution is 6.06. The number of nitrogens with one attached hydrogen (secondary N) is 2. The van der Waals surface area contributed by atoms with Crippen LogP contribution in [0.3, 0.4) is 0 Å². The van der Waals surface area contributed by atoms with Crippen LogP contribution in [0.1, 0.15) is 52.9 Å². The number of hydrogen-bond donors (Lipinski definition) is 2. The van der Waals surface area contributed by atoms with Crippen molar-refractivity contribution in [1.82, 2.24) is 15.5 Å². The van der Waals surface area contributed by atoms with Crippen LogP contribution in [0.2, 0.25) is 0 Å². The Morgan fingerprint density at radius 2 is 2.00 bits per heavy atom. The molecule has 1 heterocycles. The highest BCUT2D eigenvalue weighted by Gasteiger charge is 2.39. The Labute approximate surface area is 132 Å². The van der Waals surface area contributed by atoms with Gasteiger partial charge in [0.25, 0.3) is 5.91 Å². The van der Waals surface area contributed by atoms with Gasteiger partial charge in [0, 0.05) is 6.04 Å². The van der Waals surface area contributed by atoms with Crippen LogP contribution in [-0.4, -0.2) is 41.4 Å². The zero-order chi connectivity index (χ0) is 16.3. The summed E-state index contributed by atoms with van der Waals surface area (Å²) in [5, 5.41) is 5.64. The molecule has 4 amide bonds. The van der Waals surface area contributed by atoms with Crippen molar-refractivity contribution < 1.29 is 14.4 Å². The molecule has 1 aliphatic heterocycles. The standard InChI is InChI=1S/C16H27N3O3/c1-10(2)8-13-15(21)19(16(22)18-13)9-14(20)17-12-7-5-4-6-11(12)3/h10-13H,4-9H2,1-3H3,(H,17,20)(H,18,22)/t11-,12-,13+/m0/s1. The van der Waals surface area contributed by atoms with Crippen LogP contribution in [0, 0.1) is 11.8 Å². The van der Waals surface area contributed by atoms with Crippen LogP contribution in [0.15, 0.2) is 0 Å². The molecule has 1 saturated carbocycles. The van der Waals surface area contributed by atoms with Crippen molar-refractivity contribution >= 4 is 17.8 Å². The average Bonchev–Trinajstić information content (AvgIpc) is 2.68. The third-order valence-electron chi connectivity index (χ3n) is 4.57. The summed E-state index contributed by atoms with van der Waals surface area (Å²) in [5.41, 5.74) is 0. The van der Waals surface area contributed by atoms with E-state index in [1.54, 1.807) is 0 Å². The Hall–Kier alpha value is -1.59. The van der Waals surface area contributed by atoms with Crippen molar-refractivity contribution in [1.29, 1.82) is 0 Å². The van der Waals surface area contributed by atoms with Crippen LogP contribution < -0.4 is 10.6 Å². The molecule has 2 N–H and O–H groups in total. The van der Waals surface area contributed by atoms with Crippen LogP contribution >= 0.6 is 0 Å². The second kappa shape index (κ2) is 7.11. The van der Waals surface area contributed by atoms with Gasteiger partial charge in [0.15, 0.2) is 0 Å². The van der Waals surface area contributed by atoms with Gasteiger partial charge in [0.2, 0.25) is 5.91 Å². The lowest BCUT2D eigenvalue weighted by Crippen LogP contribution is -2.47. The molecule has 22 heavy (non-hydrogen) atoms. The molecule has 0 radical (unpaired) electrons. The van der Waals surface area contributed by atoms with Gasteiger partial charge in [-0.05, 0) is 31.1 Å². The molecule has 0 spiro atoms. The van der Waals surface area contributed by atoms with Gasteiger partial charge < -0.3 is 10.6 Å². The minimum Gasteiger partial charge on any atom is -0.352 e. The fourth-order valence-electron chi connectivity index (χ4n) is 3.28. The van der Waals surface area contributed by atoms with Crippen LogP contribution in [-0.2, 0) is 9.59 Å². The van der Waals surface area contributed by atoms with Crippen LogP contribution in [0.5, 0.6) is 0 Å². The quantitative estimate of drug-likeness (QED) is 0.758. The summed E-state index contributed by atoms with van der Waals surface area (Å²) in [6, 6.07) is -0.787. The molecule has 1 aliphatic carbocycles. The largest absolute Gasteiger partial charge is 0.352 e. The number of carbonyl (C=O) groups is 3. The van der Waals surface area contributed by atoms with Crippen molar-refractivity contribution in [3.05, 3.63) is 0 Å². The van der Waals surface area contributed by atoms with E-state index in [4.69, 9.17) is 0 Å². The minimum absolute atomic E-state index is 0.161. The molecule has 2 rings (SSSR count). The molecule has 3 atom stereocenters. The lowest BCUT2D eigenvalue weighted by molar-refractivity contribution is -0.132. The van der Waals surface area contributed by atoms with Crippen LogP contribution in [0.25, 0.3) is 0 Å². The summed E-state index contributed by atoms with van der Waals surface area (Å²) < 4.78 is 0. The predicted octanol–water partition coefficient (Wildman–Crippen LogP) is 1.65. The lowest BCUT2D eigenvalue weighted by atomic mass is 9.86. The number of amides is 4. The molecular formula is C16H27N3O3. The number of nitrogens with zero attached hydrogens (tertiary/aromatic N) is 1. The van der Waals surface area contributed by atoms with E-state index in [-0.39, 0.29) is 24.4 Å². The number of hydrogen-bond acceptors (Lipinski definition) is 3. The molecule has 124 valence electrons. The first-order valence-electron chi connectivity index (χ1n) is 8.29. The minimum atomic E-state index is -0.492. The van der Waals surface area contributed by atoms with Crippen LogP contribution in [0.4, 0.5) is 4.79 Å². The molecule has 6 heteroatoms. The van der Waals surface area contributed by atoms with E-state index < -0.39 is 12.1 Å². The molecule has 2 aliphatic rings. The molecule has 0 unspecified atom stereocenters. The van der Waals surface area contributed by atoms with Gasteiger partial charge in [0.05, 0.1) is 0 Å². The summed E-state index contributed by atoms with van der Waals surface area (Å²) in [5.74, 6) is 0.235. The second-order valence-electron chi connectivity index (χ2n) is 6.99. The summed E-state index contributed by atoms with van der Waals surface area (Å²) in [6.07, 6.45) is 5.02. The number of imide groups is 1. The van der Waals surface area contributed by atoms with Gasteiger partial charge in [-0.2, -0.15) is 0 Å². The van der Waals surface area contributed by atoms with Crippen molar-refractivity contribution in [2.45, 2.75) is 65.0 Å². The van der Waals surface area contributed by atoms with Gasteiger partial charge in [0.1, 0.15) is 12.6 Å². The zero-order valence-electron chi connectivity index (χ0n) is 13.7. The molecule has 2 fully saturated rings. The van der Waals surface area contributed by atoms with Crippen molar-refractivity contribution in [3.63, 3.8) is 0 Å². The highest BCUT2D eigenvalue weighted by atomic mass is 16.2. The van der Waals surface area contributed by atoms with E-state index in [2.05, 4.69) is 17.6 Å². The summed E-state index contributed by atoms with van der Waals surface area (Å²) in [6.45, 7) is 5.96. The first kappa shape index (κ1) is 16.8. The fraction of sp³-hybridized carbons (Fsp3) is 0.812. The number of rotatable bonds is 5. The molecule has 1 saturated heterocycles. The highest BCUT2D eigenvalue weighted by Crippen LogP contribution is 2.23.